The second-order valence-electron chi connectivity index (χ2n) is 5.59. The van der Waals surface area contributed by atoms with Gasteiger partial charge in [-0.3, -0.25) is 0 Å². The van der Waals surface area contributed by atoms with Gasteiger partial charge >= 0.3 is 0 Å². The summed E-state index contributed by atoms with van der Waals surface area (Å²) < 4.78 is 1.27. The molecule has 1 N–H and O–H groups in total. The number of hydrogen-bond acceptors (Lipinski definition) is 2. The number of thiophene rings is 1. The van der Waals surface area contributed by atoms with Crippen LogP contribution in [0, 0.1) is 0 Å². The van der Waals surface area contributed by atoms with Crippen molar-refractivity contribution in [2.24, 2.45) is 0 Å². The molecule has 1 heterocycles. The molecule has 0 aliphatic heterocycles. The molecule has 3 rings (SSSR count). The first-order valence-electron chi connectivity index (χ1n) is 7.30. The van der Waals surface area contributed by atoms with E-state index in [1.165, 1.54) is 34.2 Å². The highest BCUT2D eigenvalue weighted by Gasteiger charge is 2.22. The van der Waals surface area contributed by atoms with Crippen LogP contribution >= 0.6 is 27.3 Å². The molecule has 0 saturated heterocycles. The van der Waals surface area contributed by atoms with Crippen molar-refractivity contribution in [1.29, 1.82) is 0 Å². The van der Waals surface area contributed by atoms with Crippen LogP contribution in [0.5, 0.6) is 0 Å². The first kappa shape index (κ1) is 14.3. The van der Waals surface area contributed by atoms with E-state index < -0.39 is 0 Å². The summed E-state index contributed by atoms with van der Waals surface area (Å²) in [5, 5.41) is 3.78. The van der Waals surface area contributed by atoms with Gasteiger partial charge in [-0.15, -0.1) is 11.3 Å². The molecule has 1 aliphatic rings. The van der Waals surface area contributed by atoms with E-state index in [4.69, 9.17) is 0 Å². The van der Waals surface area contributed by atoms with E-state index in [0.717, 1.165) is 6.54 Å². The molecule has 1 aromatic heterocycles. The Morgan fingerprint density at radius 1 is 1.35 bits per heavy atom. The third-order valence-electron chi connectivity index (χ3n) is 4.12. The number of halogens is 1. The number of benzene rings is 1. The van der Waals surface area contributed by atoms with Crippen LogP contribution in [0.1, 0.15) is 47.7 Å². The van der Waals surface area contributed by atoms with Crippen LogP contribution in [0.2, 0.25) is 0 Å². The summed E-state index contributed by atoms with van der Waals surface area (Å²) in [5.41, 5.74) is 2.94. The topological polar surface area (TPSA) is 12.0 Å². The van der Waals surface area contributed by atoms with Crippen molar-refractivity contribution in [3.63, 3.8) is 0 Å². The Morgan fingerprint density at radius 2 is 2.15 bits per heavy atom. The lowest BCUT2D eigenvalue weighted by Gasteiger charge is -2.25. The average Bonchev–Trinajstić information content (AvgIpc) is 2.86. The molecule has 106 valence electrons. The fourth-order valence-corrected chi connectivity index (χ4v) is 4.77. The molecular formula is C17H20BrNS. The summed E-state index contributed by atoms with van der Waals surface area (Å²) in [6.45, 7) is 3.34. The lowest BCUT2D eigenvalue weighted by molar-refractivity contribution is 0.449. The summed E-state index contributed by atoms with van der Waals surface area (Å²) in [5.74, 6) is 0.559. The summed E-state index contributed by atoms with van der Waals surface area (Å²) >= 11 is 5.53. The maximum atomic E-state index is 3.78. The van der Waals surface area contributed by atoms with Crippen molar-refractivity contribution in [1.82, 2.24) is 5.32 Å². The highest BCUT2D eigenvalue weighted by molar-refractivity contribution is 9.11. The molecule has 0 spiro atoms. The van der Waals surface area contributed by atoms with Crippen molar-refractivity contribution in [2.45, 2.75) is 38.1 Å². The standard InChI is InChI=1S/C17H20BrNS/c1-12(13-6-3-2-4-7-13)11-19-15-8-5-9-16-14(15)10-17(18)20-16/h2-4,6-7,10,12,15,19H,5,8-9,11H2,1H3. The third kappa shape index (κ3) is 3.16. The van der Waals surface area contributed by atoms with Crippen LogP contribution in [0.25, 0.3) is 0 Å². The fraction of sp³-hybridized carbons (Fsp3) is 0.412. The summed E-state index contributed by atoms with van der Waals surface area (Å²) in [4.78, 5) is 1.56. The Kier molecular flexibility index (Phi) is 4.59. The molecule has 2 aromatic rings. The number of nitrogens with one attached hydrogen (secondary N) is 1. The lowest BCUT2D eigenvalue weighted by Crippen LogP contribution is -2.27. The Bertz CT molecular complexity index is 564. The van der Waals surface area contributed by atoms with Gasteiger partial charge in [-0.25, -0.2) is 0 Å². The minimum absolute atomic E-state index is 0.535. The SMILES string of the molecule is CC(CNC1CCCc2sc(Br)cc21)c1ccccc1. The van der Waals surface area contributed by atoms with E-state index in [1.807, 2.05) is 11.3 Å². The van der Waals surface area contributed by atoms with E-state index >= 15 is 0 Å². The second-order valence-corrected chi connectivity index (χ2v) is 8.11. The predicted octanol–water partition coefficient (Wildman–Crippen LogP) is 5.28. The van der Waals surface area contributed by atoms with Gasteiger partial charge in [-0.05, 0) is 58.3 Å². The molecule has 0 radical (unpaired) electrons. The van der Waals surface area contributed by atoms with Gasteiger partial charge in [0, 0.05) is 17.5 Å². The Morgan fingerprint density at radius 3 is 2.95 bits per heavy atom. The van der Waals surface area contributed by atoms with Gasteiger partial charge in [0.2, 0.25) is 0 Å². The van der Waals surface area contributed by atoms with Crippen LogP contribution in [-0.2, 0) is 6.42 Å². The Labute approximate surface area is 133 Å². The molecule has 1 aliphatic carbocycles. The zero-order valence-corrected chi connectivity index (χ0v) is 14.1. The predicted molar refractivity (Wildman–Crippen MR) is 90.6 cm³/mol. The van der Waals surface area contributed by atoms with Crippen LogP contribution in [0.3, 0.4) is 0 Å². The normalized spacial score (nSPS) is 19.6. The fourth-order valence-electron chi connectivity index (χ4n) is 2.95. The molecule has 1 aromatic carbocycles. The van der Waals surface area contributed by atoms with Gasteiger partial charge in [0.05, 0.1) is 3.79 Å². The molecule has 0 bridgehead atoms. The number of hydrogen-bond donors (Lipinski definition) is 1. The minimum atomic E-state index is 0.535. The second kappa shape index (κ2) is 6.42. The zero-order valence-electron chi connectivity index (χ0n) is 11.7. The molecule has 2 unspecified atom stereocenters. The Balaban J connectivity index is 1.65. The maximum Gasteiger partial charge on any atom is 0.0704 e. The van der Waals surface area contributed by atoms with E-state index in [0.29, 0.717) is 12.0 Å². The number of aryl methyl sites for hydroxylation is 1. The first-order chi connectivity index (χ1) is 9.74. The van der Waals surface area contributed by atoms with Gasteiger partial charge in [-0.1, -0.05) is 37.3 Å². The smallest absolute Gasteiger partial charge is 0.0704 e. The lowest BCUT2D eigenvalue weighted by atomic mass is 9.93. The van der Waals surface area contributed by atoms with Crippen LogP contribution in [0.4, 0.5) is 0 Å². The van der Waals surface area contributed by atoms with Crippen molar-refractivity contribution in [2.75, 3.05) is 6.54 Å². The maximum absolute atomic E-state index is 3.78. The Hall–Kier alpha value is -0.640. The zero-order chi connectivity index (χ0) is 13.9. The van der Waals surface area contributed by atoms with Gasteiger partial charge in [0.25, 0.3) is 0 Å². The van der Waals surface area contributed by atoms with E-state index in [9.17, 15) is 0 Å². The molecule has 0 saturated carbocycles. The summed E-state index contributed by atoms with van der Waals surface area (Å²) in [7, 11) is 0. The molecule has 2 atom stereocenters. The molecule has 20 heavy (non-hydrogen) atoms. The highest BCUT2D eigenvalue weighted by Crippen LogP contribution is 2.38. The van der Waals surface area contributed by atoms with Crippen molar-refractivity contribution >= 4 is 27.3 Å². The van der Waals surface area contributed by atoms with Gasteiger partial charge in [-0.2, -0.15) is 0 Å². The highest BCUT2D eigenvalue weighted by atomic mass is 79.9. The van der Waals surface area contributed by atoms with E-state index in [-0.39, 0.29) is 0 Å². The van der Waals surface area contributed by atoms with Crippen LogP contribution in [0.15, 0.2) is 40.2 Å². The molecule has 0 fully saturated rings. The minimum Gasteiger partial charge on any atom is -0.309 e. The largest absolute Gasteiger partial charge is 0.309 e. The number of fused-ring (bicyclic) bond motifs is 1. The third-order valence-corrected chi connectivity index (χ3v) is 5.84. The van der Waals surface area contributed by atoms with E-state index in [1.54, 1.807) is 4.88 Å². The van der Waals surface area contributed by atoms with Gasteiger partial charge in [0.15, 0.2) is 0 Å². The molecule has 1 nitrogen and oxygen atoms in total. The molecule has 3 heteroatoms. The molecular weight excluding hydrogens is 330 g/mol. The van der Waals surface area contributed by atoms with Crippen LogP contribution < -0.4 is 5.32 Å². The number of rotatable bonds is 4. The first-order valence-corrected chi connectivity index (χ1v) is 8.91. The van der Waals surface area contributed by atoms with E-state index in [2.05, 4.69) is 64.6 Å². The molecule has 0 amide bonds. The summed E-state index contributed by atoms with van der Waals surface area (Å²) in [6, 6.07) is 13.6. The average molecular weight is 350 g/mol. The van der Waals surface area contributed by atoms with Gasteiger partial charge < -0.3 is 5.32 Å². The monoisotopic (exact) mass is 349 g/mol. The quantitative estimate of drug-likeness (QED) is 0.791. The van der Waals surface area contributed by atoms with Gasteiger partial charge in [0.1, 0.15) is 0 Å². The van der Waals surface area contributed by atoms with Crippen molar-refractivity contribution < 1.29 is 0 Å². The van der Waals surface area contributed by atoms with Crippen molar-refractivity contribution in [3.05, 3.63) is 56.2 Å². The van der Waals surface area contributed by atoms with Crippen LogP contribution in [-0.4, -0.2) is 6.54 Å². The van der Waals surface area contributed by atoms with Crippen molar-refractivity contribution in [3.8, 4) is 0 Å². The summed E-state index contributed by atoms with van der Waals surface area (Å²) in [6.07, 6.45) is 3.81.